The molecule has 0 aliphatic carbocycles. The predicted octanol–water partition coefficient (Wildman–Crippen LogP) is 2.74. The van der Waals surface area contributed by atoms with Gasteiger partial charge in [0.1, 0.15) is 5.75 Å². The Balaban J connectivity index is 1.83. The minimum absolute atomic E-state index is 0.112. The molecule has 0 saturated heterocycles. The summed E-state index contributed by atoms with van der Waals surface area (Å²) in [5.41, 5.74) is 1.28. The fourth-order valence-electron chi connectivity index (χ4n) is 2.81. The number of carbonyl (C=O) groups is 1. The van der Waals surface area contributed by atoms with Crippen LogP contribution in [-0.4, -0.2) is 33.2 Å². The minimum atomic E-state index is -3.59. The van der Waals surface area contributed by atoms with Gasteiger partial charge < -0.3 is 10.1 Å². The third kappa shape index (κ3) is 3.94. The Morgan fingerprint density at radius 2 is 1.96 bits per heavy atom. The van der Waals surface area contributed by atoms with Gasteiger partial charge in [0, 0.05) is 5.02 Å². The Morgan fingerprint density at radius 3 is 2.62 bits per heavy atom. The smallest absolute Gasteiger partial charge is 0.263 e. The van der Waals surface area contributed by atoms with Crippen LogP contribution in [0.2, 0.25) is 5.02 Å². The van der Waals surface area contributed by atoms with E-state index in [-0.39, 0.29) is 18.5 Å². The SMILES string of the molecule is C[C@@H](NC(=O)C1CN(S(C)(=O)=O)c2cc(Cl)ccc2O1)c1ccccc1. The van der Waals surface area contributed by atoms with Crippen molar-refractivity contribution in [2.45, 2.75) is 19.1 Å². The van der Waals surface area contributed by atoms with Gasteiger partial charge in [-0.2, -0.15) is 0 Å². The van der Waals surface area contributed by atoms with Crippen molar-refractivity contribution in [3.05, 3.63) is 59.1 Å². The molecule has 2 aromatic carbocycles. The summed E-state index contributed by atoms with van der Waals surface area (Å²) in [4.78, 5) is 12.6. The van der Waals surface area contributed by atoms with Crippen LogP contribution in [0.5, 0.6) is 5.75 Å². The van der Waals surface area contributed by atoms with Gasteiger partial charge in [-0.25, -0.2) is 8.42 Å². The van der Waals surface area contributed by atoms with Crippen LogP contribution in [0.15, 0.2) is 48.5 Å². The molecule has 2 atom stereocenters. The molecule has 3 rings (SSSR count). The lowest BCUT2D eigenvalue weighted by Gasteiger charge is -2.34. The molecule has 0 bridgehead atoms. The van der Waals surface area contributed by atoms with Gasteiger partial charge in [0.15, 0.2) is 6.10 Å². The van der Waals surface area contributed by atoms with Crippen LogP contribution in [0.3, 0.4) is 0 Å². The first-order chi connectivity index (χ1) is 12.3. The normalized spacial score (nSPS) is 17.8. The van der Waals surface area contributed by atoms with E-state index >= 15 is 0 Å². The first-order valence-electron chi connectivity index (χ1n) is 8.05. The van der Waals surface area contributed by atoms with E-state index in [4.69, 9.17) is 16.3 Å². The van der Waals surface area contributed by atoms with E-state index in [0.29, 0.717) is 16.5 Å². The number of nitrogens with zero attached hydrogens (tertiary/aromatic N) is 1. The molecule has 0 saturated carbocycles. The monoisotopic (exact) mass is 394 g/mol. The third-order valence-electron chi connectivity index (χ3n) is 4.14. The molecule has 0 spiro atoms. The van der Waals surface area contributed by atoms with Gasteiger partial charge in [-0.05, 0) is 30.7 Å². The van der Waals surface area contributed by atoms with Crippen LogP contribution in [0, 0.1) is 0 Å². The summed E-state index contributed by atoms with van der Waals surface area (Å²) >= 11 is 5.97. The lowest BCUT2D eigenvalue weighted by atomic mass is 10.1. The average molecular weight is 395 g/mol. The molecule has 1 amide bonds. The van der Waals surface area contributed by atoms with Gasteiger partial charge in [-0.1, -0.05) is 41.9 Å². The maximum absolute atomic E-state index is 12.6. The first kappa shape index (κ1) is 18.5. The van der Waals surface area contributed by atoms with E-state index in [0.717, 1.165) is 16.1 Å². The molecule has 1 heterocycles. The second-order valence-corrected chi connectivity index (χ2v) is 8.50. The Kier molecular flexibility index (Phi) is 5.11. The van der Waals surface area contributed by atoms with Crippen LogP contribution >= 0.6 is 11.6 Å². The second kappa shape index (κ2) is 7.17. The number of halogens is 1. The summed E-state index contributed by atoms with van der Waals surface area (Å²) in [5, 5.41) is 3.26. The van der Waals surface area contributed by atoms with Crippen molar-refractivity contribution in [2.75, 3.05) is 17.1 Å². The number of rotatable bonds is 4. The van der Waals surface area contributed by atoms with Crippen LogP contribution in [0.25, 0.3) is 0 Å². The number of carbonyl (C=O) groups excluding carboxylic acids is 1. The lowest BCUT2D eigenvalue weighted by Crippen LogP contribution is -2.50. The number of sulfonamides is 1. The molecule has 0 aromatic heterocycles. The fourth-order valence-corrected chi connectivity index (χ4v) is 3.88. The van der Waals surface area contributed by atoms with Gasteiger partial charge in [0.25, 0.3) is 5.91 Å². The van der Waals surface area contributed by atoms with Gasteiger partial charge in [-0.3, -0.25) is 9.10 Å². The molecular formula is C18H19ClN2O4S. The van der Waals surface area contributed by atoms with E-state index in [9.17, 15) is 13.2 Å². The summed E-state index contributed by atoms with van der Waals surface area (Å²) in [5.74, 6) is -0.0748. The van der Waals surface area contributed by atoms with Crippen molar-refractivity contribution in [1.82, 2.24) is 5.32 Å². The Bertz CT molecular complexity index is 918. The van der Waals surface area contributed by atoms with E-state index in [1.54, 1.807) is 12.1 Å². The molecule has 1 aliphatic heterocycles. The van der Waals surface area contributed by atoms with Crippen molar-refractivity contribution in [3.63, 3.8) is 0 Å². The number of anilines is 1. The van der Waals surface area contributed by atoms with Crippen molar-refractivity contribution in [2.24, 2.45) is 0 Å². The quantitative estimate of drug-likeness (QED) is 0.865. The summed E-state index contributed by atoms with van der Waals surface area (Å²) in [6.45, 7) is 1.75. The standard InChI is InChI=1S/C18H19ClN2O4S/c1-12(13-6-4-3-5-7-13)20-18(22)17-11-21(26(2,23)24)15-10-14(19)8-9-16(15)25-17/h3-10,12,17H,11H2,1-2H3,(H,20,22)/t12-,17?/m1/s1. The predicted molar refractivity (Wildman–Crippen MR) is 101 cm³/mol. The summed E-state index contributed by atoms with van der Waals surface area (Å²) in [7, 11) is -3.59. The molecule has 1 unspecified atom stereocenters. The number of hydrogen-bond acceptors (Lipinski definition) is 4. The molecule has 6 nitrogen and oxygen atoms in total. The van der Waals surface area contributed by atoms with E-state index < -0.39 is 16.1 Å². The molecule has 0 radical (unpaired) electrons. The lowest BCUT2D eigenvalue weighted by molar-refractivity contribution is -0.128. The molecular weight excluding hydrogens is 376 g/mol. The van der Waals surface area contributed by atoms with Gasteiger partial charge in [0.05, 0.1) is 24.5 Å². The third-order valence-corrected chi connectivity index (χ3v) is 5.52. The van der Waals surface area contributed by atoms with Crippen molar-refractivity contribution in [3.8, 4) is 5.75 Å². The van der Waals surface area contributed by atoms with Crippen molar-refractivity contribution >= 4 is 33.2 Å². The van der Waals surface area contributed by atoms with E-state index in [2.05, 4.69) is 5.32 Å². The Hall–Kier alpha value is -2.25. The summed E-state index contributed by atoms with van der Waals surface area (Å²) in [6, 6.07) is 13.9. The van der Waals surface area contributed by atoms with Crippen LogP contribution in [0.4, 0.5) is 5.69 Å². The van der Waals surface area contributed by atoms with Gasteiger partial charge in [0.2, 0.25) is 10.0 Å². The summed E-state index contributed by atoms with van der Waals surface area (Å²) < 4.78 is 31.2. The second-order valence-electron chi connectivity index (χ2n) is 6.15. The van der Waals surface area contributed by atoms with Crippen LogP contribution < -0.4 is 14.4 Å². The molecule has 8 heteroatoms. The van der Waals surface area contributed by atoms with E-state index in [1.165, 1.54) is 6.07 Å². The van der Waals surface area contributed by atoms with Gasteiger partial charge >= 0.3 is 0 Å². The number of hydrogen-bond donors (Lipinski definition) is 1. The van der Waals surface area contributed by atoms with Crippen LogP contribution in [-0.2, 0) is 14.8 Å². The minimum Gasteiger partial charge on any atom is -0.476 e. The first-order valence-corrected chi connectivity index (χ1v) is 10.3. The van der Waals surface area contributed by atoms with Crippen molar-refractivity contribution < 1.29 is 17.9 Å². The molecule has 138 valence electrons. The van der Waals surface area contributed by atoms with Crippen LogP contribution in [0.1, 0.15) is 18.5 Å². The molecule has 1 aliphatic rings. The number of nitrogens with one attached hydrogen (secondary N) is 1. The number of benzene rings is 2. The molecule has 26 heavy (non-hydrogen) atoms. The van der Waals surface area contributed by atoms with Crippen molar-refractivity contribution in [1.29, 1.82) is 0 Å². The number of ether oxygens (including phenoxy) is 1. The average Bonchev–Trinajstić information content (AvgIpc) is 2.60. The van der Waals surface area contributed by atoms with E-state index in [1.807, 2.05) is 37.3 Å². The highest BCUT2D eigenvalue weighted by atomic mass is 35.5. The fraction of sp³-hybridized carbons (Fsp3) is 0.278. The Morgan fingerprint density at radius 1 is 1.27 bits per heavy atom. The number of amides is 1. The molecule has 0 fully saturated rings. The number of fused-ring (bicyclic) bond motifs is 1. The van der Waals surface area contributed by atoms with Gasteiger partial charge in [-0.15, -0.1) is 0 Å². The zero-order chi connectivity index (χ0) is 18.9. The maximum atomic E-state index is 12.6. The largest absolute Gasteiger partial charge is 0.476 e. The Labute approximate surface area is 157 Å². The molecule has 2 aromatic rings. The highest BCUT2D eigenvalue weighted by molar-refractivity contribution is 7.92. The summed E-state index contributed by atoms with van der Waals surface area (Å²) in [6.07, 6.45) is 0.134. The molecule has 1 N–H and O–H groups in total. The highest BCUT2D eigenvalue weighted by Crippen LogP contribution is 2.37. The highest BCUT2D eigenvalue weighted by Gasteiger charge is 2.35. The zero-order valence-corrected chi connectivity index (χ0v) is 15.9. The maximum Gasteiger partial charge on any atom is 0.263 e. The topological polar surface area (TPSA) is 75.7 Å². The zero-order valence-electron chi connectivity index (χ0n) is 14.3.